The van der Waals surface area contributed by atoms with Crippen molar-refractivity contribution in [2.45, 2.75) is 38.5 Å². The van der Waals surface area contributed by atoms with Gasteiger partial charge in [-0.1, -0.05) is 125 Å². The topological polar surface area (TPSA) is 4.93 Å². The highest BCUT2D eigenvalue weighted by atomic mass is 15.0. The summed E-state index contributed by atoms with van der Waals surface area (Å²) in [4.78, 5) is 0. The van der Waals surface area contributed by atoms with Gasteiger partial charge in [-0.05, 0) is 73.5 Å². The second-order valence-electron chi connectivity index (χ2n) is 13.0. The van der Waals surface area contributed by atoms with Crippen molar-refractivity contribution in [3.05, 3.63) is 138 Å². The molecular formula is C40H31N. The van der Waals surface area contributed by atoms with Gasteiger partial charge in [0.2, 0.25) is 0 Å². The van der Waals surface area contributed by atoms with Crippen LogP contribution in [0.25, 0.3) is 60.5 Å². The fourth-order valence-electron chi connectivity index (χ4n) is 8.25. The van der Waals surface area contributed by atoms with E-state index < -0.39 is 0 Å². The highest BCUT2D eigenvalue weighted by molar-refractivity contribution is 6.23. The molecule has 0 fully saturated rings. The van der Waals surface area contributed by atoms with Crippen LogP contribution in [0.5, 0.6) is 0 Å². The van der Waals surface area contributed by atoms with E-state index in [9.17, 15) is 0 Å². The lowest BCUT2D eigenvalue weighted by Crippen LogP contribution is -2.16. The van der Waals surface area contributed by atoms with Gasteiger partial charge in [-0.3, -0.25) is 0 Å². The first kappa shape index (κ1) is 23.1. The normalized spacial score (nSPS) is 15.7. The number of benzene rings is 6. The van der Waals surface area contributed by atoms with Gasteiger partial charge in [-0.15, -0.1) is 0 Å². The molecule has 1 nitrogen and oxygen atoms in total. The average molecular weight is 526 g/mol. The molecule has 1 heterocycles. The van der Waals surface area contributed by atoms with E-state index in [4.69, 9.17) is 0 Å². The summed E-state index contributed by atoms with van der Waals surface area (Å²) in [5, 5.41) is 5.27. The summed E-state index contributed by atoms with van der Waals surface area (Å²) < 4.78 is 2.57. The van der Waals surface area contributed by atoms with Crippen molar-refractivity contribution in [3.63, 3.8) is 0 Å². The van der Waals surface area contributed by atoms with Gasteiger partial charge >= 0.3 is 0 Å². The summed E-state index contributed by atoms with van der Waals surface area (Å²) >= 11 is 0. The quantitative estimate of drug-likeness (QED) is 0.201. The summed E-state index contributed by atoms with van der Waals surface area (Å²) in [6.45, 7) is 9.52. The minimum atomic E-state index is -0.112. The van der Waals surface area contributed by atoms with Gasteiger partial charge in [-0.25, -0.2) is 0 Å². The molecule has 7 aromatic rings. The lowest BCUT2D eigenvalue weighted by atomic mass is 9.81. The van der Waals surface area contributed by atoms with Crippen LogP contribution in [0, 0.1) is 0 Å². The number of hydrogen-bond donors (Lipinski definition) is 0. The van der Waals surface area contributed by atoms with Gasteiger partial charge in [0.25, 0.3) is 0 Å². The van der Waals surface area contributed by atoms with Crippen LogP contribution in [0.15, 0.2) is 115 Å². The molecule has 2 aliphatic rings. The summed E-state index contributed by atoms with van der Waals surface area (Å²) in [6.07, 6.45) is 0. The first-order valence-electron chi connectivity index (χ1n) is 14.7. The third-order valence-corrected chi connectivity index (χ3v) is 10.2. The van der Waals surface area contributed by atoms with Crippen LogP contribution in [0.1, 0.15) is 49.9 Å². The van der Waals surface area contributed by atoms with Crippen molar-refractivity contribution in [1.29, 1.82) is 0 Å². The van der Waals surface area contributed by atoms with E-state index >= 15 is 0 Å². The van der Waals surface area contributed by atoms with Gasteiger partial charge in [0, 0.05) is 27.3 Å². The third kappa shape index (κ3) is 2.77. The second-order valence-corrected chi connectivity index (χ2v) is 13.0. The Labute approximate surface area is 240 Å². The highest BCUT2D eigenvalue weighted by Crippen LogP contribution is 2.54. The molecule has 2 aliphatic carbocycles. The van der Waals surface area contributed by atoms with Crippen molar-refractivity contribution >= 4 is 32.6 Å². The lowest BCUT2D eigenvalue weighted by molar-refractivity contribution is 0.660. The maximum atomic E-state index is 2.57. The molecule has 0 aliphatic heterocycles. The molecule has 196 valence electrons. The SMILES string of the molecule is CC1(C)c2ccccc2-c2cc(-n3c4ccc5ccccc5c4c4ccc5c(c43)C(C)(C)c3ccccc3-5)ccc21. The fraction of sp³-hybridized carbons (Fsp3) is 0.150. The fourth-order valence-corrected chi connectivity index (χ4v) is 8.25. The van der Waals surface area contributed by atoms with E-state index in [0.29, 0.717) is 0 Å². The summed E-state index contributed by atoms with van der Waals surface area (Å²) in [5.74, 6) is 0. The van der Waals surface area contributed by atoms with Crippen molar-refractivity contribution in [2.24, 2.45) is 0 Å². The molecule has 41 heavy (non-hydrogen) atoms. The second kappa shape index (κ2) is 7.56. The van der Waals surface area contributed by atoms with Crippen LogP contribution in [-0.4, -0.2) is 4.57 Å². The van der Waals surface area contributed by atoms with Gasteiger partial charge in [0.1, 0.15) is 0 Å². The van der Waals surface area contributed by atoms with E-state index in [1.807, 2.05) is 0 Å². The zero-order valence-electron chi connectivity index (χ0n) is 23.9. The first-order valence-corrected chi connectivity index (χ1v) is 14.7. The molecule has 1 aromatic heterocycles. The van der Waals surface area contributed by atoms with Crippen LogP contribution in [0.3, 0.4) is 0 Å². The number of fused-ring (bicyclic) bond motifs is 12. The van der Waals surface area contributed by atoms with Gasteiger partial charge in [-0.2, -0.15) is 0 Å². The molecular weight excluding hydrogens is 494 g/mol. The molecule has 0 saturated carbocycles. The molecule has 0 spiro atoms. The molecule has 9 rings (SSSR count). The molecule has 1 heteroatoms. The van der Waals surface area contributed by atoms with Crippen molar-refractivity contribution < 1.29 is 0 Å². The Morgan fingerprint density at radius 3 is 1.95 bits per heavy atom. The summed E-state index contributed by atoms with van der Waals surface area (Å²) in [6, 6.07) is 43.3. The van der Waals surface area contributed by atoms with E-state index in [-0.39, 0.29) is 10.8 Å². The van der Waals surface area contributed by atoms with E-state index in [0.717, 1.165) is 0 Å². The van der Waals surface area contributed by atoms with Gasteiger partial charge in [0.15, 0.2) is 0 Å². The third-order valence-electron chi connectivity index (χ3n) is 10.2. The van der Waals surface area contributed by atoms with Crippen LogP contribution in [-0.2, 0) is 10.8 Å². The minimum Gasteiger partial charge on any atom is -0.309 e. The monoisotopic (exact) mass is 525 g/mol. The minimum absolute atomic E-state index is 0.00757. The molecule has 0 atom stereocenters. The standard InChI is InChI=1S/C40H31N/c1-39(2)32-15-9-8-14-28(32)31-23-25(18-21-34(31)39)41-35-22-17-24-11-5-6-12-26(24)36(35)30-20-19-29-27-13-7-10-16-33(27)40(3,4)37(29)38(30)41/h5-23H,1-4H3. The predicted molar refractivity (Wildman–Crippen MR) is 173 cm³/mol. The smallest absolute Gasteiger partial charge is 0.0588 e. The maximum absolute atomic E-state index is 2.57. The largest absolute Gasteiger partial charge is 0.309 e. The molecule has 0 unspecified atom stereocenters. The molecule has 0 amide bonds. The van der Waals surface area contributed by atoms with Gasteiger partial charge < -0.3 is 4.57 Å². The molecule has 0 radical (unpaired) electrons. The summed E-state index contributed by atoms with van der Waals surface area (Å²) in [7, 11) is 0. The predicted octanol–water partition coefficient (Wildman–Crippen LogP) is 10.5. The zero-order chi connectivity index (χ0) is 27.7. The summed E-state index contributed by atoms with van der Waals surface area (Å²) in [5.41, 5.74) is 14.8. The first-order chi connectivity index (χ1) is 19.9. The Morgan fingerprint density at radius 1 is 0.488 bits per heavy atom. The molecule has 0 bridgehead atoms. The van der Waals surface area contributed by atoms with Crippen LogP contribution < -0.4 is 0 Å². The number of rotatable bonds is 1. The Kier molecular flexibility index (Phi) is 4.26. The number of hydrogen-bond acceptors (Lipinski definition) is 0. The number of nitrogens with zero attached hydrogens (tertiary/aromatic N) is 1. The zero-order valence-corrected chi connectivity index (χ0v) is 23.9. The van der Waals surface area contributed by atoms with E-state index in [2.05, 4.69) is 148 Å². The Hall–Kier alpha value is -4.62. The Morgan fingerprint density at radius 2 is 1.15 bits per heavy atom. The molecule has 0 N–H and O–H groups in total. The number of aromatic nitrogens is 1. The highest BCUT2D eigenvalue weighted by Gasteiger charge is 2.39. The Bertz CT molecular complexity index is 2260. The van der Waals surface area contributed by atoms with Crippen molar-refractivity contribution in [2.75, 3.05) is 0 Å². The van der Waals surface area contributed by atoms with Crippen LogP contribution in [0.4, 0.5) is 0 Å². The van der Waals surface area contributed by atoms with Gasteiger partial charge in [0.05, 0.1) is 11.0 Å². The molecule has 0 saturated heterocycles. The van der Waals surface area contributed by atoms with E-state index in [1.165, 1.54) is 82.8 Å². The lowest BCUT2D eigenvalue weighted by Gasteiger charge is -2.24. The van der Waals surface area contributed by atoms with Crippen molar-refractivity contribution in [1.82, 2.24) is 4.57 Å². The molecule has 6 aromatic carbocycles. The van der Waals surface area contributed by atoms with Crippen LogP contribution in [0.2, 0.25) is 0 Å². The van der Waals surface area contributed by atoms with Crippen LogP contribution >= 0.6 is 0 Å². The average Bonchev–Trinajstić information content (AvgIpc) is 3.54. The van der Waals surface area contributed by atoms with E-state index in [1.54, 1.807) is 0 Å². The van der Waals surface area contributed by atoms with Crippen molar-refractivity contribution in [3.8, 4) is 27.9 Å². The Balaban J connectivity index is 1.46. The maximum Gasteiger partial charge on any atom is 0.0588 e.